The van der Waals surface area contributed by atoms with E-state index in [1.807, 2.05) is 0 Å². The molecule has 0 radical (unpaired) electrons. The Hall–Kier alpha value is -3.55. The zero-order chi connectivity index (χ0) is 32.0. The average Bonchev–Trinajstić information content (AvgIpc) is 3.52. The molecule has 1 aromatic heterocycles. The number of rotatable bonds is 8. The molecule has 2 aromatic carbocycles. The molecule has 0 unspecified atom stereocenters. The van der Waals surface area contributed by atoms with Crippen LogP contribution in [0, 0.1) is 0 Å². The fourth-order valence-corrected chi connectivity index (χ4v) is 5.40. The Labute approximate surface area is 254 Å². The van der Waals surface area contributed by atoms with E-state index in [1.165, 1.54) is 25.5 Å². The van der Waals surface area contributed by atoms with Crippen molar-refractivity contribution < 1.29 is 73.3 Å². The van der Waals surface area contributed by atoms with Crippen molar-refractivity contribution in [1.82, 2.24) is 0 Å². The maximum atomic E-state index is 13.5. The molecule has 4 heterocycles. The molecule has 244 valence electrons. The van der Waals surface area contributed by atoms with Gasteiger partial charge in [-0.05, 0) is 17.7 Å². The highest BCUT2D eigenvalue weighted by Crippen LogP contribution is 2.45. The summed E-state index contributed by atoms with van der Waals surface area (Å²) in [6.07, 6.45) is -14.2. The quantitative estimate of drug-likeness (QED) is 0.144. The molecule has 7 N–H and O–H groups in total. The highest BCUT2D eigenvalue weighted by molar-refractivity contribution is 5.91. The summed E-state index contributed by atoms with van der Waals surface area (Å²) in [5.74, 6) is 1.05. The van der Waals surface area contributed by atoms with Gasteiger partial charge in [0.15, 0.2) is 17.8 Å². The lowest BCUT2D eigenvalue weighted by Crippen LogP contribution is -2.62. The molecule has 45 heavy (non-hydrogen) atoms. The summed E-state index contributed by atoms with van der Waals surface area (Å²) in [7, 11) is 1.40. The van der Waals surface area contributed by atoms with Gasteiger partial charge in [-0.1, -0.05) is 12.1 Å². The van der Waals surface area contributed by atoms with Gasteiger partial charge in [-0.15, -0.1) is 0 Å². The van der Waals surface area contributed by atoms with Crippen molar-refractivity contribution in [2.45, 2.75) is 61.4 Å². The lowest BCUT2D eigenvalue weighted by molar-refractivity contribution is -0.323. The fourth-order valence-electron chi connectivity index (χ4n) is 5.40. The summed E-state index contributed by atoms with van der Waals surface area (Å²) >= 11 is 0. The number of aliphatic hydroxyl groups is 7. The van der Waals surface area contributed by atoms with E-state index >= 15 is 0 Å². The summed E-state index contributed by atoms with van der Waals surface area (Å²) in [6, 6.07) is 7.65. The van der Waals surface area contributed by atoms with Crippen LogP contribution in [0.5, 0.6) is 23.0 Å². The Morgan fingerprint density at radius 3 is 2.20 bits per heavy atom. The van der Waals surface area contributed by atoms with Crippen LogP contribution in [0.25, 0.3) is 22.1 Å². The molecule has 3 aliphatic rings. The lowest BCUT2D eigenvalue weighted by atomic mass is 9.98. The van der Waals surface area contributed by atoms with Crippen LogP contribution in [0.1, 0.15) is 0 Å². The summed E-state index contributed by atoms with van der Waals surface area (Å²) in [6.45, 7) is -1.20. The monoisotopic (exact) mass is 636 g/mol. The van der Waals surface area contributed by atoms with Gasteiger partial charge >= 0.3 is 0 Å². The van der Waals surface area contributed by atoms with E-state index in [4.69, 9.17) is 37.6 Å². The van der Waals surface area contributed by atoms with E-state index in [9.17, 15) is 40.5 Å². The number of ether oxygens (including phenoxy) is 7. The Morgan fingerprint density at radius 2 is 1.51 bits per heavy atom. The van der Waals surface area contributed by atoms with Gasteiger partial charge in [-0.25, -0.2) is 0 Å². The molecule has 0 aliphatic carbocycles. The molecule has 0 bridgehead atoms. The van der Waals surface area contributed by atoms with Crippen LogP contribution >= 0.6 is 0 Å². The van der Waals surface area contributed by atoms with Crippen molar-refractivity contribution >= 4 is 11.0 Å². The molecule has 6 rings (SSSR count). The second-order valence-electron chi connectivity index (χ2n) is 10.7. The van der Waals surface area contributed by atoms with Crippen molar-refractivity contribution in [2.75, 3.05) is 27.1 Å². The molecular formula is C29H32O16. The first kappa shape index (κ1) is 31.4. The molecule has 0 amide bonds. The van der Waals surface area contributed by atoms with Gasteiger partial charge in [-0.2, -0.15) is 0 Å². The fraction of sp³-hybridized carbons (Fsp3) is 0.483. The van der Waals surface area contributed by atoms with Gasteiger partial charge in [0.05, 0.1) is 25.9 Å². The van der Waals surface area contributed by atoms with Gasteiger partial charge in [-0.3, -0.25) is 4.79 Å². The first-order valence-electron chi connectivity index (χ1n) is 13.9. The Bertz CT molecular complexity index is 1560. The minimum absolute atomic E-state index is 0.0219. The Morgan fingerprint density at radius 1 is 0.844 bits per heavy atom. The van der Waals surface area contributed by atoms with Gasteiger partial charge in [0.25, 0.3) is 0 Å². The molecule has 3 aromatic rings. The molecule has 16 nitrogen and oxygen atoms in total. The van der Waals surface area contributed by atoms with E-state index in [2.05, 4.69) is 0 Å². The van der Waals surface area contributed by atoms with E-state index in [0.717, 1.165) is 0 Å². The van der Waals surface area contributed by atoms with Crippen LogP contribution in [-0.4, -0.2) is 124 Å². The maximum Gasteiger partial charge on any atom is 0.231 e. The van der Waals surface area contributed by atoms with Gasteiger partial charge in [0.1, 0.15) is 71.8 Å². The smallest absolute Gasteiger partial charge is 0.231 e. The largest absolute Gasteiger partial charge is 0.492 e. The molecule has 2 saturated heterocycles. The molecule has 0 saturated carbocycles. The van der Waals surface area contributed by atoms with Crippen molar-refractivity contribution in [2.24, 2.45) is 0 Å². The number of benzene rings is 2. The van der Waals surface area contributed by atoms with Crippen molar-refractivity contribution in [3.05, 3.63) is 46.8 Å². The summed E-state index contributed by atoms with van der Waals surface area (Å²) in [5.41, 5.74) is 0.540. The Balaban J connectivity index is 1.16. The van der Waals surface area contributed by atoms with Crippen molar-refractivity contribution in [3.63, 3.8) is 0 Å². The first-order chi connectivity index (χ1) is 21.6. The second kappa shape index (κ2) is 12.7. The third kappa shape index (κ3) is 5.70. The predicted octanol–water partition coefficient (Wildman–Crippen LogP) is -1.80. The minimum atomic E-state index is -1.72. The van der Waals surface area contributed by atoms with Gasteiger partial charge in [0.2, 0.25) is 24.3 Å². The van der Waals surface area contributed by atoms with E-state index in [-0.39, 0.29) is 40.3 Å². The zero-order valence-electron chi connectivity index (χ0n) is 23.7. The third-order valence-corrected chi connectivity index (χ3v) is 7.92. The summed E-state index contributed by atoms with van der Waals surface area (Å²) in [5, 5.41) is 71.1. The molecule has 0 spiro atoms. The second-order valence-corrected chi connectivity index (χ2v) is 10.7. The predicted molar refractivity (Wildman–Crippen MR) is 148 cm³/mol. The van der Waals surface area contributed by atoms with Crippen LogP contribution in [0.15, 0.2) is 45.8 Å². The summed E-state index contributed by atoms with van der Waals surface area (Å²) in [4.78, 5) is 13.5. The summed E-state index contributed by atoms with van der Waals surface area (Å²) < 4.78 is 44.1. The van der Waals surface area contributed by atoms with Gasteiger partial charge < -0.3 is 73.3 Å². The highest BCUT2D eigenvalue weighted by Gasteiger charge is 2.48. The van der Waals surface area contributed by atoms with E-state index < -0.39 is 74.6 Å². The van der Waals surface area contributed by atoms with Crippen molar-refractivity contribution in [1.29, 1.82) is 0 Å². The standard InChI is InChI=1S/C29H32O16/c1-38-27-18-14(6-15-26(27)42-10-41-15)39-8-13(19(18)31)11-2-4-12(5-3-11)43-29-25(37)23(35)21(33)17(45-29)9-40-28-24(36)22(34)20(32)16(7-30)44-28/h2-6,8,16-17,20-25,28-30,32-37H,7,9-10H2,1H3/t16-,17-,20+,21+,22+,23+,24+,25+,28-,29-/m0/s1. The third-order valence-electron chi connectivity index (χ3n) is 7.92. The average molecular weight is 637 g/mol. The highest BCUT2D eigenvalue weighted by atomic mass is 16.7. The van der Waals surface area contributed by atoms with E-state index in [0.29, 0.717) is 17.1 Å². The number of hydrogen-bond acceptors (Lipinski definition) is 16. The number of hydrogen-bond donors (Lipinski definition) is 7. The van der Waals surface area contributed by atoms with E-state index in [1.54, 1.807) is 18.2 Å². The maximum absolute atomic E-state index is 13.5. The topological polar surface area (TPSA) is 236 Å². The lowest BCUT2D eigenvalue weighted by Gasteiger charge is -2.42. The van der Waals surface area contributed by atoms with Crippen LogP contribution in [0.3, 0.4) is 0 Å². The zero-order valence-corrected chi connectivity index (χ0v) is 23.7. The molecule has 2 fully saturated rings. The SMILES string of the molecule is COc1c2c(cc3occ(-c4ccc(O[C@H]5O[C@@H](CO[C@H]6O[C@@H](CO)[C@@H](O)[C@@H](O)[C@H]6O)[C@@H](O)[C@@H](O)[C@H]5O)cc4)c(=O)c13)OCO2. The van der Waals surface area contributed by atoms with Crippen LogP contribution in [0.4, 0.5) is 0 Å². The minimum Gasteiger partial charge on any atom is -0.492 e. The number of methoxy groups -OCH3 is 1. The first-order valence-corrected chi connectivity index (χ1v) is 13.9. The van der Waals surface area contributed by atoms with Crippen LogP contribution in [-0.2, 0) is 14.2 Å². The van der Waals surface area contributed by atoms with Crippen LogP contribution in [0.2, 0.25) is 0 Å². The van der Waals surface area contributed by atoms with Gasteiger partial charge in [0, 0.05) is 6.07 Å². The molecule has 16 heteroatoms. The number of fused-ring (bicyclic) bond motifs is 2. The van der Waals surface area contributed by atoms with Crippen LogP contribution < -0.4 is 24.4 Å². The molecule has 3 aliphatic heterocycles. The molecule has 10 atom stereocenters. The number of aliphatic hydroxyl groups excluding tert-OH is 7. The van der Waals surface area contributed by atoms with Crippen molar-refractivity contribution in [3.8, 4) is 34.1 Å². The Kier molecular flexibility index (Phi) is 8.86. The normalized spacial score (nSPS) is 32.9. The molecular weight excluding hydrogens is 604 g/mol.